The molecule has 1 atom stereocenters. The van der Waals surface area contributed by atoms with Gasteiger partial charge in [-0.05, 0) is 31.7 Å². The van der Waals surface area contributed by atoms with Crippen LogP contribution in [0, 0.1) is 0 Å². The second-order valence-electron chi connectivity index (χ2n) is 4.12. The van der Waals surface area contributed by atoms with Gasteiger partial charge >= 0.3 is 5.97 Å². The van der Waals surface area contributed by atoms with Crippen molar-refractivity contribution < 1.29 is 14.6 Å². The molecular formula is C13H18N2O3S. The van der Waals surface area contributed by atoms with Crippen molar-refractivity contribution in [3.63, 3.8) is 0 Å². The lowest BCUT2D eigenvalue weighted by Gasteiger charge is -2.26. The highest BCUT2D eigenvalue weighted by Gasteiger charge is 2.21. The number of likely N-dealkylation sites (N-methyl/N-ethyl adjacent to an activating group) is 1. The third kappa shape index (κ3) is 4.50. The molecule has 0 aromatic heterocycles. The minimum atomic E-state index is -0.922. The molecule has 0 saturated heterocycles. The number of thiocarbonyl (C=S) groups is 1. The Hall–Kier alpha value is -1.66. The summed E-state index contributed by atoms with van der Waals surface area (Å²) in [6.45, 7) is 2.37. The summed E-state index contributed by atoms with van der Waals surface area (Å²) >= 11 is 5.02. The first-order valence-corrected chi connectivity index (χ1v) is 6.30. The summed E-state index contributed by atoms with van der Waals surface area (Å²) in [5.41, 5.74) is 6.55. The maximum Gasteiger partial charge on any atom is 0.317 e. The van der Waals surface area contributed by atoms with Gasteiger partial charge in [0.05, 0.1) is 24.2 Å². The third-order valence-electron chi connectivity index (χ3n) is 2.60. The number of carboxylic acids is 1. The number of nitrogens with zero attached hydrogens (tertiary/aromatic N) is 1. The maximum absolute atomic E-state index is 10.8. The van der Waals surface area contributed by atoms with Gasteiger partial charge in [-0.25, -0.2) is 0 Å². The zero-order valence-corrected chi connectivity index (χ0v) is 11.8. The topological polar surface area (TPSA) is 75.8 Å². The standard InChI is InChI=1S/C13H18N2O3S/c1-3-18-10-6-4-9(5-7-10)12(13(14)19)15(2)8-11(16)17/h4-7,12H,3,8H2,1-2H3,(H2,14,19)(H,16,17). The number of aliphatic carboxylic acids is 1. The van der Waals surface area contributed by atoms with Gasteiger partial charge in [-0.3, -0.25) is 9.69 Å². The Balaban J connectivity index is 2.92. The van der Waals surface area contributed by atoms with Gasteiger partial charge in [-0.15, -0.1) is 0 Å². The number of carboxylic acid groups (broad SMARTS) is 1. The van der Waals surface area contributed by atoms with Gasteiger partial charge in [-0.1, -0.05) is 24.4 Å². The van der Waals surface area contributed by atoms with Crippen LogP contribution in [-0.4, -0.2) is 41.2 Å². The molecule has 6 heteroatoms. The lowest BCUT2D eigenvalue weighted by molar-refractivity contribution is -0.138. The van der Waals surface area contributed by atoms with E-state index in [0.717, 1.165) is 11.3 Å². The summed E-state index contributed by atoms with van der Waals surface area (Å²) < 4.78 is 5.35. The fourth-order valence-electron chi connectivity index (χ4n) is 1.85. The van der Waals surface area contributed by atoms with E-state index < -0.39 is 12.0 Å². The quantitative estimate of drug-likeness (QED) is 0.737. The average Bonchev–Trinajstić information content (AvgIpc) is 2.30. The Morgan fingerprint density at radius 2 is 2.05 bits per heavy atom. The number of rotatable bonds is 7. The molecule has 0 aliphatic rings. The van der Waals surface area contributed by atoms with Crippen molar-refractivity contribution >= 4 is 23.2 Å². The van der Waals surface area contributed by atoms with E-state index in [1.54, 1.807) is 11.9 Å². The molecule has 1 aromatic rings. The summed E-state index contributed by atoms with van der Waals surface area (Å²) in [5.74, 6) is -0.163. The molecule has 0 aliphatic heterocycles. The molecular weight excluding hydrogens is 264 g/mol. The first-order chi connectivity index (χ1) is 8.95. The number of carbonyl (C=O) groups is 1. The lowest BCUT2D eigenvalue weighted by Crippen LogP contribution is -2.37. The van der Waals surface area contributed by atoms with Crippen LogP contribution in [0.3, 0.4) is 0 Å². The normalized spacial score (nSPS) is 12.2. The molecule has 5 nitrogen and oxygen atoms in total. The van der Waals surface area contributed by atoms with Crippen molar-refractivity contribution in [3.05, 3.63) is 29.8 Å². The average molecular weight is 282 g/mol. The van der Waals surface area contributed by atoms with Gasteiger partial charge in [0.15, 0.2) is 0 Å². The van der Waals surface area contributed by atoms with Gasteiger partial charge in [-0.2, -0.15) is 0 Å². The summed E-state index contributed by atoms with van der Waals surface area (Å²) in [5, 5.41) is 8.83. The summed E-state index contributed by atoms with van der Waals surface area (Å²) in [6, 6.07) is 6.92. The summed E-state index contributed by atoms with van der Waals surface area (Å²) in [6.07, 6.45) is 0. The van der Waals surface area contributed by atoms with Crippen molar-refractivity contribution in [1.29, 1.82) is 0 Å². The largest absolute Gasteiger partial charge is 0.494 e. The molecule has 1 unspecified atom stereocenters. The minimum absolute atomic E-state index is 0.130. The van der Waals surface area contributed by atoms with E-state index in [4.69, 9.17) is 27.8 Å². The molecule has 0 aliphatic carbocycles. The first-order valence-electron chi connectivity index (χ1n) is 5.89. The molecule has 0 radical (unpaired) electrons. The third-order valence-corrected chi connectivity index (χ3v) is 2.83. The van der Waals surface area contributed by atoms with Crippen LogP contribution in [0.15, 0.2) is 24.3 Å². The minimum Gasteiger partial charge on any atom is -0.494 e. The summed E-state index contributed by atoms with van der Waals surface area (Å²) in [7, 11) is 1.68. The fraction of sp³-hybridized carbons (Fsp3) is 0.385. The Bertz CT molecular complexity index is 448. The van der Waals surface area contributed by atoms with Crippen molar-refractivity contribution in [2.24, 2.45) is 5.73 Å². The Labute approximate surface area is 118 Å². The van der Waals surface area contributed by atoms with Crippen LogP contribution in [0.1, 0.15) is 18.5 Å². The van der Waals surface area contributed by atoms with E-state index >= 15 is 0 Å². The molecule has 0 amide bonds. The molecule has 19 heavy (non-hydrogen) atoms. The Kier molecular flexibility index (Phi) is 5.72. The predicted octanol–water partition coefficient (Wildman–Crippen LogP) is 1.43. The van der Waals surface area contributed by atoms with Crippen molar-refractivity contribution in [1.82, 2.24) is 4.90 Å². The molecule has 3 N–H and O–H groups in total. The van der Waals surface area contributed by atoms with Crippen LogP contribution < -0.4 is 10.5 Å². The highest BCUT2D eigenvalue weighted by Crippen LogP contribution is 2.22. The Morgan fingerprint density at radius 3 is 2.47 bits per heavy atom. The molecule has 1 aromatic carbocycles. The van der Waals surface area contributed by atoms with E-state index in [0.29, 0.717) is 6.61 Å². The number of hydrogen-bond acceptors (Lipinski definition) is 4. The zero-order chi connectivity index (χ0) is 14.4. The molecule has 0 fully saturated rings. The molecule has 0 spiro atoms. The monoisotopic (exact) mass is 282 g/mol. The van der Waals surface area contributed by atoms with E-state index in [1.165, 1.54) is 0 Å². The van der Waals surface area contributed by atoms with Gasteiger partial charge < -0.3 is 15.6 Å². The first kappa shape index (κ1) is 15.4. The van der Waals surface area contributed by atoms with Gasteiger partial charge in [0.1, 0.15) is 5.75 Å². The van der Waals surface area contributed by atoms with E-state index in [9.17, 15) is 4.79 Å². The van der Waals surface area contributed by atoms with E-state index in [1.807, 2.05) is 31.2 Å². The van der Waals surface area contributed by atoms with Crippen molar-refractivity contribution in [2.45, 2.75) is 13.0 Å². The van der Waals surface area contributed by atoms with Crippen LogP contribution in [0.5, 0.6) is 5.75 Å². The maximum atomic E-state index is 10.8. The zero-order valence-electron chi connectivity index (χ0n) is 11.0. The molecule has 0 heterocycles. The molecule has 0 saturated carbocycles. The lowest BCUT2D eigenvalue weighted by atomic mass is 10.1. The SMILES string of the molecule is CCOc1ccc(C(C(N)=S)N(C)CC(=O)O)cc1. The molecule has 1 rings (SSSR count). The van der Waals surface area contributed by atoms with Gasteiger partial charge in [0, 0.05) is 0 Å². The second-order valence-corrected chi connectivity index (χ2v) is 4.59. The van der Waals surface area contributed by atoms with E-state index in [2.05, 4.69) is 0 Å². The number of hydrogen-bond donors (Lipinski definition) is 2. The highest BCUT2D eigenvalue weighted by molar-refractivity contribution is 7.80. The highest BCUT2D eigenvalue weighted by atomic mass is 32.1. The summed E-state index contributed by atoms with van der Waals surface area (Å²) in [4.78, 5) is 12.6. The van der Waals surface area contributed by atoms with Crippen molar-refractivity contribution in [3.8, 4) is 5.75 Å². The Morgan fingerprint density at radius 1 is 1.47 bits per heavy atom. The van der Waals surface area contributed by atoms with Crippen LogP contribution in [0.2, 0.25) is 0 Å². The predicted molar refractivity (Wildman–Crippen MR) is 77.4 cm³/mol. The second kappa shape index (κ2) is 7.06. The van der Waals surface area contributed by atoms with Crippen LogP contribution >= 0.6 is 12.2 Å². The number of benzene rings is 1. The fourth-order valence-corrected chi connectivity index (χ4v) is 2.17. The van der Waals surface area contributed by atoms with Crippen LogP contribution in [0.4, 0.5) is 0 Å². The van der Waals surface area contributed by atoms with Gasteiger partial charge in [0.25, 0.3) is 0 Å². The van der Waals surface area contributed by atoms with Crippen LogP contribution in [-0.2, 0) is 4.79 Å². The molecule has 104 valence electrons. The number of nitrogens with two attached hydrogens (primary N) is 1. The smallest absolute Gasteiger partial charge is 0.317 e. The number of ether oxygens (including phenoxy) is 1. The van der Waals surface area contributed by atoms with Crippen molar-refractivity contribution in [2.75, 3.05) is 20.2 Å². The van der Waals surface area contributed by atoms with Gasteiger partial charge in [0.2, 0.25) is 0 Å². The van der Waals surface area contributed by atoms with E-state index in [-0.39, 0.29) is 11.5 Å². The van der Waals surface area contributed by atoms with Crippen LogP contribution in [0.25, 0.3) is 0 Å². The molecule has 0 bridgehead atoms.